The molecule has 0 bridgehead atoms. The highest BCUT2D eigenvalue weighted by Gasteiger charge is 2.46. The molecule has 0 N–H and O–H groups in total. The monoisotopic (exact) mass is 435 g/mol. The molecule has 2 saturated heterocycles. The van der Waals surface area contributed by atoms with Crippen LogP contribution in [0.5, 0.6) is 0 Å². The van der Waals surface area contributed by atoms with Crippen molar-refractivity contribution >= 4 is 23.5 Å². The van der Waals surface area contributed by atoms with Crippen LogP contribution in [-0.2, 0) is 10.9 Å². The third kappa shape index (κ3) is 5.03. The summed E-state index contributed by atoms with van der Waals surface area (Å²) in [6.45, 7) is 11.0. The summed E-state index contributed by atoms with van der Waals surface area (Å²) in [5.74, 6) is -1.07. The summed E-state index contributed by atoms with van der Waals surface area (Å²) in [6.07, 6.45) is -4.97. The van der Waals surface area contributed by atoms with Gasteiger partial charge in [0.2, 0.25) is 5.82 Å². The van der Waals surface area contributed by atoms with Crippen LogP contribution >= 0.6 is 11.6 Å². The predicted octanol–water partition coefficient (Wildman–Crippen LogP) is 3.28. The number of amides is 1. The summed E-state index contributed by atoms with van der Waals surface area (Å²) in [5.41, 5.74) is -0.751. The number of nitrogens with zero attached hydrogens (tertiary/aromatic N) is 5. The number of aromatic nitrogens is 2. The van der Waals surface area contributed by atoms with E-state index in [1.54, 1.807) is 9.80 Å². The van der Waals surface area contributed by atoms with Gasteiger partial charge in [0.05, 0.1) is 5.54 Å². The second-order valence-electron chi connectivity index (χ2n) is 8.68. The predicted molar refractivity (Wildman–Crippen MR) is 102 cm³/mol. The number of rotatable bonds is 2. The zero-order valence-corrected chi connectivity index (χ0v) is 17.6. The van der Waals surface area contributed by atoms with Gasteiger partial charge in [-0.3, -0.25) is 4.90 Å². The number of piperazine rings is 1. The molecular formula is C18H25ClF3N5O2. The lowest BCUT2D eigenvalue weighted by Crippen LogP contribution is -2.71. The van der Waals surface area contributed by atoms with E-state index in [-0.39, 0.29) is 22.6 Å². The van der Waals surface area contributed by atoms with E-state index in [1.165, 1.54) is 6.07 Å². The number of hydrogen-bond acceptors (Lipinski definition) is 6. The van der Waals surface area contributed by atoms with Crippen LogP contribution in [0.25, 0.3) is 0 Å². The van der Waals surface area contributed by atoms with Crippen LogP contribution in [0.3, 0.4) is 0 Å². The molecule has 0 atom stereocenters. The number of alkyl halides is 3. The standard InChI is InChI=1S/C18H25ClF3N5O2/c1-16(2,3)29-15(28)25-5-7-27(8-6-25)17(4)10-26(11-17)13-9-12(19)23-14(24-13)18(20,21)22/h9H,5-8,10-11H2,1-4H3. The van der Waals surface area contributed by atoms with E-state index in [0.29, 0.717) is 39.3 Å². The van der Waals surface area contributed by atoms with E-state index in [1.807, 2.05) is 20.8 Å². The summed E-state index contributed by atoms with van der Waals surface area (Å²) < 4.78 is 44.2. The highest BCUT2D eigenvalue weighted by Crippen LogP contribution is 2.35. The molecule has 1 aromatic rings. The van der Waals surface area contributed by atoms with Crippen molar-refractivity contribution in [1.82, 2.24) is 19.8 Å². The Morgan fingerprint density at radius 3 is 2.24 bits per heavy atom. The van der Waals surface area contributed by atoms with E-state index < -0.39 is 17.6 Å². The lowest BCUT2D eigenvalue weighted by atomic mass is 9.89. The normalized spacial score (nSPS) is 20.4. The van der Waals surface area contributed by atoms with Gasteiger partial charge in [-0.15, -0.1) is 0 Å². The van der Waals surface area contributed by atoms with E-state index in [2.05, 4.69) is 21.8 Å². The van der Waals surface area contributed by atoms with Crippen molar-refractivity contribution in [2.24, 2.45) is 0 Å². The Morgan fingerprint density at radius 1 is 1.14 bits per heavy atom. The first-order chi connectivity index (χ1) is 13.3. The second-order valence-corrected chi connectivity index (χ2v) is 9.06. The molecule has 2 aliphatic heterocycles. The quantitative estimate of drug-likeness (QED) is 0.664. The highest BCUT2D eigenvalue weighted by atomic mass is 35.5. The van der Waals surface area contributed by atoms with Gasteiger partial charge in [0.1, 0.15) is 16.6 Å². The number of hydrogen-bond donors (Lipinski definition) is 0. The fraction of sp³-hybridized carbons (Fsp3) is 0.722. The minimum Gasteiger partial charge on any atom is -0.444 e. The highest BCUT2D eigenvalue weighted by molar-refractivity contribution is 6.29. The molecule has 1 aromatic heterocycles. The molecule has 0 aliphatic carbocycles. The van der Waals surface area contributed by atoms with E-state index in [0.717, 1.165) is 0 Å². The Hall–Kier alpha value is -1.81. The molecule has 1 amide bonds. The molecule has 0 aromatic carbocycles. The minimum atomic E-state index is -4.65. The van der Waals surface area contributed by atoms with Crippen LogP contribution in [0.1, 0.15) is 33.5 Å². The molecule has 162 valence electrons. The van der Waals surface area contributed by atoms with Crippen molar-refractivity contribution in [2.45, 2.75) is 45.0 Å². The fourth-order valence-electron chi connectivity index (χ4n) is 3.59. The lowest BCUT2D eigenvalue weighted by molar-refractivity contribution is -0.144. The second kappa shape index (κ2) is 7.46. The summed E-state index contributed by atoms with van der Waals surface area (Å²) >= 11 is 5.75. The summed E-state index contributed by atoms with van der Waals surface area (Å²) in [4.78, 5) is 24.8. The summed E-state index contributed by atoms with van der Waals surface area (Å²) in [5, 5.41) is -0.234. The van der Waals surface area contributed by atoms with E-state index in [9.17, 15) is 18.0 Å². The van der Waals surface area contributed by atoms with Gasteiger partial charge in [0.25, 0.3) is 0 Å². The van der Waals surface area contributed by atoms with E-state index in [4.69, 9.17) is 16.3 Å². The molecule has 2 fully saturated rings. The third-order valence-electron chi connectivity index (χ3n) is 5.02. The first-order valence-corrected chi connectivity index (χ1v) is 9.74. The number of halogens is 4. The van der Waals surface area contributed by atoms with Crippen LogP contribution in [-0.4, -0.2) is 76.3 Å². The molecule has 0 saturated carbocycles. The van der Waals surface area contributed by atoms with Crippen LogP contribution in [0.15, 0.2) is 6.07 Å². The molecule has 29 heavy (non-hydrogen) atoms. The molecule has 0 radical (unpaired) electrons. The topological polar surface area (TPSA) is 61.8 Å². The fourth-order valence-corrected chi connectivity index (χ4v) is 3.77. The molecule has 3 rings (SSSR count). The van der Waals surface area contributed by atoms with Gasteiger partial charge < -0.3 is 14.5 Å². The van der Waals surface area contributed by atoms with Crippen molar-refractivity contribution < 1.29 is 22.7 Å². The molecule has 3 heterocycles. The third-order valence-corrected chi connectivity index (χ3v) is 5.21. The maximum absolute atomic E-state index is 12.9. The zero-order chi connectivity index (χ0) is 21.6. The molecule has 11 heteroatoms. The molecule has 7 nitrogen and oxygen atoms in total. The van der Waals surface area contributed by atoms with Crippen LogP contribution in [0.2, 0.25) is 5.15 Å². The largest absolute Gasteiger partial charge is 0.451 e. The van der Waals surface area contributed by atoms with Gasteiger partial charge in [-0.05, 0) is 27.7 Å². The zero-order valence-electron chi connectivity index (χ0n) is 16.9. The van der Waals surface area contributed by atoms with Gasteiger partial charge in [-0.2, -0.15) is 13.2 Å². The average molecular weight is 436 g/mol. The Balaban J connectivity index is 1.58. The Bertz CT molecular complexity index is 770. The van der Waals surface area contributed by atoms with Crippen LogP contribution in [0, 0.1) is 0 Å². The minimum absolute atomic E-state index is 0.169. The molecule has 0 unspecified atom stereocenters. The molecule has 0 spiro atoms. The lowest BCUT2D eigenvalue weighted by Gasteiger charge is -2.56. The molecule has 2 aliphatic rings. The van der Waals surface area contributed by atoms with Gasteiger partial charge >= 0.3 is 12.3 Å². The van der Waals surface area contributed by atoms with Gasteiger partial charge in [0.15, 0.2) is 0 Å². The first-order valence-electron chi connectivity index (χ1n) is 9.37. The van der Waals surface area contributed by atoms with Crippen LogP contribution < -0.4 is 4.90 Å². The smallest absolute Gasteiger partial charge is 0.444 e. The van der Waals surface area contributed by atoms with Crippen molar-refractivity contribution in [3.05, 3.63) is 17.0 Å². The number of ether oxygens (including phenoxy) is 1. The van der Waals surface area contributed by atoms with E-state index >= 15 is 0 Å². The van der Waals surface area contributed by atoms with Crippen molar-refractivity contribution in [3.63, 3.8) is 0 Å². The number of carbonyl (C=O) groups is 1. The summed E-state index contributed by atoms with van der Waals surface area (Å²) in [7, 11) is 0. The number of carbonyl (C=O) groups excluding carboxylic acids is 1. The Labute approximate surface area is 172 Å². The van der Waals surface area contributed by atoms with Gasteiger partial charge in [-0.1, -0.05) is 11.6 Å². The SMILES string of the molecule is CC(C)(C)OC(=O)N1CCN(C2(C)CN(c3cc(Cl)nc(C(F)(F)F)n3)C2)CC1. The van der Waals surface area contributed by atoms with Gasteiger partial charge in [-0.25, -0.2) is 14.8 Å². The molecular weight excluding hydrogens is 411 g/mol. The number of anilines is 1. The first kappa shape index (κ1) is 21.9. The Kier molecular flexibility index (Phi) is 5.63. The maximum Gasteiger partial charge on any atom is 0.451 e. The van der Waals surface area contributed by atoms with Crippen molar-refractivity contribution in [1.29, 1.82) is 0 Å². The van der Waals surface area contributed by atoms with Crippen LogP contribution in [0.4, 0.5) is 23.8 Å². The average Bonchev–Trinajstić information content (AvgIpc) is 2.56. The maximum atomic E-state index is 12.9. The van der Waals surface area contributed by atoms with Gasteiger partial charge in [0, 0.05) is 45.3 Å². The Morgan fingerprint density at radius 2 is 1.72 bits per heavy atom. The van der Waals surface area contributed by atoms with Crippen molar-refractivity contribution in [3.8, 4) is 0 Å². The van der Waals surface area contributed by atoms with Crippen molar-refractivity contribution in [2.75, 3.05) is 44.2 Å². The summed E-state index contributed by atoms with van der Waals surface area (Å²) in [6, 6.07) is 1.34.